The second-order valence-electron chi connectivity index (χ2n) is 7.12. The maximum Gasteiger partial charge on any atom is 0.0295 e. The summed E-state index contributed by atoms with van der Waals surface area (Å²) in [5.41, 5.74) is 6.84. The van der Waals surface area contributed by atoms with E-state index in [-0.39, 0.29) is 0 Å². The first-order chi connectivity index (χ1) is 9.17. The van der Waals surface area contributed by atoms with Crippen molar-refractivity contribution in [2.45, 2.75) is 94.5 Å². The van der Waals surface area contributed by atoms with Crippen molar-refractivity contribution in [2.24, 2.45) is 11.1 Å². The minimum atomic E-state index is 0.451. The molecule has 0 bridgehead atoms. The third kappa shape index (κ3) is 3.69. The van der Waals surface area contributed by atoms with Gasteiger partial charge in [-0.05, 0) is 43.9 Å². The monoisotopic (exact) mass is 283 g/mol. The summed E-state index contributed by atoms with van der Waals surface area (Å²) in [5.74, 6) is 0. The first-order valence-electron chi connectivity index (χ1n) is 8.55. The first-order valence-corrected chi connectivity index (χ1v) is 9.43. The molecule has 0 heterocycles. The van der Waals surface area contributed by atoms with E-state index < -0.39 is 0 Å². The molecule has 112 valence electrons. The minimum Gasteiger partial charge on any atom is -0.329 e. The maximum absolute atomic E-state index is 6.18. The zero-order valence-corrected chi connectivity index (χ0v) is 13.9. The van der Waals surface area contributed by atoms with Crippen molar-refractivity contribution in [3.63, 3.8) is 0 Å². The summed E-state index contributed by atoms with van der Waals surface area (Å²) < 4.78 is 0.451. The molecule has 0 aromatic carbocycles. The summed E-state index contributed by atoms with van der Waals surface area (Å²) in [6.07, 6.45) is 15.6. The molecular formula is C17H33NS. The van der Waals surface area contributed by atoms with Crippen LogP contribution in [-0.2, 0) is 0 Å². The molecule has 2 aliphatic rings. The Morgan fingerprint density at radius 1 is 1.00 bits per heavy atom. The van der Waals surface area contributed by atoms with E-state index in [9.17, 15) is 0 Å². The normalized spacial score (nSPS) is 26.1. The Bertz CT molecular complexity index is 256. The Morgan fingerprint density at radius 3 is 2.05 bits per heavy atom. The highest BCUT2D eigenvalue weighted by Crippen LogP contribution is 2.61. The van der Waals surface area contributed by atoms with Crippen LogP contribution in [-0.4, -0.2) is 16.5 Å². The van der Waals surface area contributed by atoms with E-state index in [1.807, 2.05) is 0 Å². The van der Waals surface area contributed by atoms with Crippen LogP contribution in [0.2, 0.25) is 0 Å². The molecular weight excluding hydrogens is 250 g/mol. The second-order valence-corrected chi connectivity index (χ2v) is 8.89. The van der Waals surface area contributed by atoms with Crippen LogP contribution in [0.4, 0.5) is 0 Å². The van der Waals surface area contributed by atoms with Crippen molar-refractivity contribution in [1.29, 1.82) is 0 Å². The number of nitrogens with two attached hydrogens (primary N) is 1. The molecule has 0 radical (unpaired) electrons. The standard InChI is InChI=1S/C17H33NS/c1-3-10-16(11-4-2)12-17(13-16,14-18)19-15-8-6-5-7-9-15/h15H,3-14,18H2,1-2H3. The summed E-state index contributed by atoms with van der Waals surface area (Å²) >= 11 is 2.28. The predicted molar refractivity (Wildman–Crippen MR) is 87.7 cm³/mol. The molecule has 0 aliphatic heterocycles. The van der Waals surface area contributed by atoms with Crippen LogP contribution in [0.3, 0.4) is 0 Å². The third-order valence-electron chi connectivity index (χ3n) is 5.30. The van der Waals surface area contributed by atoms with Crippen LogP contribution in [0.15, 0.2) is 0 Å². The molecule has 2 fully saturated rings. The highest BCUT2D eigenvalue weighted by molar-refractivity contribution is 8.01. The van der Waals surface area contributed by atoms with Gasteiger partial charge in [0.1, 0.15) is 0 Å². The molecule has 2 rings (SSSR count). The third-order valence-corrected chi connectivity index (χ3v) is 7.06. The van der Waals surface area contributed by atoms with Crippen LogP contribution in [0, 0.1) is 5.41 Å². The number of rotatable bonds is 7. The molecule has 0 aromatic heterocycles. The fraction of sp³-hybridized carbons (Fsp3) is 1.00. The van der Waals surface area contributed by atoms with Crippen LogP contribution >= 0.6 is 11.8 Å². The van der Waals surface area contributed by atoms with Crippen molar-refractivity contribution in [1.82, 2.24) is 0 Å². The van der Waals surface area contributed by atoms with Gasteiger partial charge in [-0.2, -0.15) is 11.8 Å². The topological polar surface area (TPSA) is 26.0 Å². The predicted octanol–water partition coefficient (Wildman–Crippen LogP) is 5.13. The Kier molecular flexibility index (Phi) is 5.65. The molecule has 0 unspecified atom stereocenters. The molecule has 2 saturated carbocycles. The van der Waals surface area contributed by atoms with E-state index in [0.29, 0.717) is 10.2 Å². The van der Waals surface area contributed by atoms with E-state index in [1.165, 1.54) is 70.6 Å². The Labute approximate surface area is 124 Å². The average molecular weight is 284 g/mol. The lowest BCUT2D eigenvalue weighted by atomic mass is 9.57. The molecule has 0 saturated heterocycles. The molecule has 0 aromatic rings. The van der Waals surface area contributed by atoms with Gasteiger partial charge in [0, 0.05) is 16.5 Å². The van der Waals surface area contributed by atoms with E-state index in [4.69, 9.17) is 5.73 Å². The zero-order valence-electron chi connectivity index (χ0n) is 13.0. The molecule has 0 amide bonds. The van der Waals surface area contributed by atoms with Crippen LogP contribution in [0.25, 0.3) is 0 Å². The van der Waals surface area contributed by atoms with E-state index in [0.717, 1.165) is 11.8 Å². The average Bonchev–Trinajstić information content (AvgIpc) is 2.38. The summed E-state index contributed by atoms with van der Waals surface area (Å²) in [7, 11) is 0. The molecule has 2 N–H and O–H groups in total. The first kappa shape index (κ1) is 15.7. The van der Waals surface area contributed by atoms with Crippen molar-refractivity contribution >= 4 is 11.8 Å². The van der Waals surface area contributed by atoms with Crippen molar-refractivity contribution < 1.29 is 0 Å². The molecule has 0 spiro atoms. The van der Waals surface area contributed by atoms with Gasteiger partial charge in [0.15, 0.2) is 0 Å². The van der Waals surface area contributed by atoms with Gasteiger partial charge < -0.3 is 5.73 Å². The lowest BCUT2D eigenvalue weighted by Crippen LogP contribution is -2.54. The smallest absolute Gasteiger partial charge is 0.0295 e. The van der Waals surface area contributed by atoms with Crippen molar-refractivity contribution in [3.8, 4) is 0 Å². The van der Waals surface area contributed by atoms with Gasteiger partial charge in [-0.3, -0.25) is 0 Å². The van der Waals surface area contributed by atoms with Gasteiger partial charge in [-0.1, -0.05) is 46.0 Å². The summed E-state index contributed by atoms with van der Waals surface area (Å²) in [6, 6.07) is 0. The van der Waals surface area contributed by atoms with Gasteiger partial charge in [-0.15, -0.1) is 0 Å². The van der Waals surface area contributed by atoms with Gasteiger partial charge >= 0.3 is 0 Å². The molecule has 2 aliphatic carbocycles. The Morgan fingerprint density at radius 2 is 1.58 bits per heavy atom. The van der Waals surface area contributed by atoms with Gasteiger partial charge in [0.05, 0.1) is 0 Å². The van der Waals surface area contributed by atoms with Crippen LogP contribution < -0.4 is 5.73 Å². The van der Waals surface area contributed by atoms with Crippen LogP contribution in [0.5, 0.6) is 0 Å². The van der Waals surface area contributed by atoms with Crippen molar-refractivity contribution in [2.75, 3.05) is 6.54 Å². The molecule has 19 heavy (non-hydrogen) atoms. The molecule has 2 heteroatoms. The van der Waals surface area contributed by atoms with Gasteiger partial charge in [0.2, 0.25) is 0 Å². The summed E-state index contributed by atoms with van der Waals surface area (Å²) in [5, 5.41) is 0.915. The highest BCUT2D eigenvalue weighted by atomic mass is 32.2. The summed E-state index contributed by atoms with van der Waals surface area (Å²) in [4.78, 5) is 0. The lowest BCUT2D eigenvalue weighted by Gasteiger charge is -2.57. The fourth-order valence-corrected chi connectivity index (χ4v) is 6.82. The zero-order chi connectivity index (χ0) is 13.8. The molecule has 0 atom stereocenters. The van der Waals surface area contributed by atoms with Crippen molar-refractivity contribution in [3.05, 3.63) is 0 Å². The SMILES string of the molecule is CCCC1(CCC)CC(CN)(SC2CCCCC2)C1. The number of hydrogen-bond acceptors (Lipinski definition) is 2. The second kappa shape index (κ2) is 6.85. The Hall–Kier alpha value is 0.310. The van der Waals surface area contributed by atoms with Gasteiger partial charge in [-0.25, -0.2) is 0 Å². The fourth-order valence-electron chi connectivity index (χ4n) is 4.67. The van der Waals surface area contributed by atoms with E-state index >= 15 is 0 Å². The molecule has 1 nitrogen and oxygen atoms in total. The number of hydrogen-bond donors (Lipinski definition) is 1. The number of thioether (sulfide) groups is 1. The van der Waals surface area contributed by atoms with Crippen LogP contribution in [0.1, 0.15) is 84.5 Å². The van der Waals surface area contributed by atoms with E-state index in [2.05, 4.69) is 25.6 Å². The summed E-state index contributed by atoms with van der Waals surface area (Å²) in [6.45, 7) is 5.59. The minimum absolute atomic E-state index is 0.451. The largest absolute Gasteiger partial charge is 0.329 e. The quantitative estimate of drug-likeness (QED) is 0.701. The van der Waals surface area contributed by atoms with Gasteiger partial charge in [0.25, 0.3) is 0 Å². The Balaban J connectivity index is 1.90. The lowest BCUT2D eigenvalue weighted by molar-refractivity contribution is 0.0609. The maximum atomic E-state index is 6.18. The highest BCUT2D eigenvalue weighted by Gasteiger charge is 2.53. The van der Waals surface area contributed by atoms with E-state index in [1.54, 1.807) is 0 Å².